The minimum atomic E-state index is -0.190. The molecule has 1 aromatic carbocycles. The third-order valence-electron chi connectivity index (χ3n) is 4.88. The fraction of sp³-hybridized carbons (Fsp3) is 0.647. The molecule has 0 amide bonds. The van der Waals surface area contributed by atoms with Crippen LogP contribution in [-0.4, -0.2) is 55.6 Å². The standard InChI is InChI=1S/C17H25ClFN3/c18-16-2-1-3-17(19)15(16)13-22-10-8-21(9-11-22)12-14-4-6-20-7-5-14/h1-3,14,20H,4-13H2. The number of halogens is 2. The van der Waals surface area contributed by atoms with Gasteiger partial charge in [-0.1, -0.05) is 17.7 Å². The summed E-state index contributed by atoms with van der Waals surface area (Å²) in [7, 11) is 0. The van der Waals surface area contributed by atoms with Crippen molar-refractivity contribution in [3.63, 3.8) is 0 Å². The molecular weight excluding hydrogens is 301 g/mol. The van der Waals surface area contributed by atoms with Gasteiger partial charge in [-0.15, -0.1) is 0 Å². The normalized spacial score (nSPS) is 22.1. The van der Waals surface area contributed by atoms with E-state index >= 15 is 0 Å². The Morgan fingerprint density at radius 2 is 1.77 bits per heavy atom. The highest BCUT2D eigenvalue weighted by molar-refractivity contribution is 6.31. The van der Waals surface area contributed by atoms with Gasteiger partial charge >= 0.3 is 0 Å². The lowest BCUT2D eigenvalue weighted by Gasteiger charge is -2.37. The second kappa shape index (κ2) is 7.73. The fourth-order valence-corrected chi connectivity index (χ4v) is 3.69. The summed E-state index contributed by atoms with van der Waals surface area (Å²) in [5.41, 5.74) is 0.635. The summed E-state index contributed by atoms with van der Waals surface area (Å²) in [6.45, 7) is 8.31. The monoisotopic (exact) mass is 325 g/mol. The van der Waals surface area contributed by atoms with Gasteiger partial charge in [0.05, 0.1) is 0 Å². The molecule has 0 saturated carbocycles. The molecule has 122 valence electrons. The first-order valence-corrected chi connectivity index (χ1v) is 8.68. The molecule has 22 heavy (non-hydrogen) atoms. The van der Waals surface area contributed by atoms with Crippen molar-refractivity contribution >= 4 is 11.6 Å². The van der Waals surface area contributed by atoms with E-state index < -0.39 is 0 Å². The largest absolute Gasteiger partial charge is 0.317 e. The second-order valence-corrected chi connectivity index (χ2v) is 6.88. The average molecular weight is 326 g/mol. The van der Waals surface area contributed by atoms with E-state index in [4.69, 9.17) is 11.6 Å². The quantitative estimate of drug-likeness (QED) is 0.918. The Morgan fingerprint density at radius 1 is 1.09 bits per heavy atom. The number of nitrogens with zero attached hydrogens (tertiary/aromatic N) is 2. The van der Waals surface area contributed by atoms with Crippen molar-refractivity contribution in [2.45, 2.75) is 19.4 Å². The lowest BCUT2D eigenvalue weighted by atomic mass is 9.97. The van der Waals surface area contributed by atoms with Crippen molar-refractivity contribution in [1.82, 2.24) is 15.1 Å². The van der Waals surface area contributed by atoms with Gasteiger partial charge in [0.2, 0.25) is 0 Å². The van der Waals surface area contributed by atoms with Crippen LogP contribution in [0.3, 0.4) is 0 Å². The zero-order valence-electron chi connectivity index (χ0n) is 13.0. The van der Waals surface area contributed by atoms with Crippen LogP contribution in [0.2, 0.25) is 5.02 Å². The maximum atomic E-state index is 13.9. The van der Waals surface area contributed by atoms with Gasteiger partial charge in [0, 0.05) is 49.9 Å². The Labute approximate surface area is 137 Å². The van der Waals surface area contributed by atoms with Crippen LogP contribution in [-0.2, 0) is 6.54 Å². The highest BCUT2D eigenvalue weighted by atomic mass is 35.5. The molecule has 0 bridgehead atoms. The van der Waals surface area contributed by atoms with Crippen molar-refractivity contribution < 1.29 is 4.39 Å². The molecule has 0 unspecified atom stereocenters. The first-order valence-electron chi connectivity index (χ1n) is 8.30. The first-order chi connectivity index (χ1) is 10.7. The van der Waals surface area contributed by atoms with Gasteiger partial charge in [0.25, 0.3) is 0 Å². The maximum Gasteiger partial charge on any atom is 0.129 e. The number of hydrogen-bond acceptors (Lipinski definition) is 3. The maximum absolute atomic E-state index is 13.9. The Morgan fingerprint density at radius 3 is 2.45 bits per heavy atom. The van der Waals surface area contributed by atoms with Crippen molar-refractivity contribution in [2.75, 3.05) is 45.8 Å². The minimum Gasteiger partial charge on any atom is -0.317 e. The number of piperazine rings is 1. The van der Waals surface area contributed by atoms with Gasteiger partial charge in [-0.3, -0.25) is 4.90 Å². The molecular formula is C17H25ClFN3. The Balaban J connectivity index is 1.47. The Bertz CT molecular complexity index is 463. The van der Waals surface area contributed by atoms with Crippen molar-refractivity contribution in [3.8, 4) is 0 Å². The highest BCUT2D eigenvalue weighted by Gasteiger charge is 2.22. The van der Waals surface area contributed by atoms with Gasteiger partial charge in [0.15, 0.2) is 0 Å². The van der Waals surface area contributed by atoms with E-state index in [0.717, 1.165) is 45.2 Å². The Kier molecular flexibility index (Phi) is 5.69. The van der Waals surface area contributed by atoms with Crippen LogP contribution in [0.4, 0.5) is 4.39 Å². The van der Waals surface area contributed by atoms with Crippen LogP contribution in [0, 0.1) is 11.7 Å². The van der Waals surface area contributed by atoms with Crippen LogP contribution in [0.15, 0.2) is 18.2 Å². The van der Waals surface area contributed by atoms with Gasteiger partial charge in [-0.2, -0.15) is 0 Å². The van der Waals surface area contributed by atoms with Crippen LogP contribution in [0.5, 0.6) is 0 Å². The predicted octanol–water partition coefficient (Wildman–Crippen LogP) is 2.60. The summed E-state index contributed by atoms with van der Waals surface area (Å²) in [4.78, 5) is 4.87. The molecule has 2 saturated heterocycles. The topological polar surface area (TPSA) is 18.5 Å². The molecule has 5 heteroatoms. The summed E-state index contributed by atoms with van der Waals surface area (Å²) in [6.07, 6.45) is 2.59. The molecule has 1 aromatic rings. The van der Waals surface area contributed by atoms with Crippen molar-refractivity contribution in [2.24, 2.45) is 5.92 Å². The summed E-state index contributed by atoms with van der Waals surface area (Å²) < 4.78 is 13.9. The molecule has 0 spiro atoms. The molecule has 1 N–H and O–H groups in total. The number of rotatable bonds is 4. The van der Waals surface area contributed by atoms with E-state index in [1.807, 2.05) is 0 Å². The third-order valence-corrected chi connectivity index (χ3v) is 5.24. The van der Waals surface area contributed by atoms with E-state index in [0.29, 0.717) is 17.1 Å². The zero-order chi connectivity index (χ0) is 15.4. The molecule has 2 fully saturated rings. The van der Waals surface area contributed by atoms with Gasteiger partial charge in [-0.25, -0.2) is 4.39 Å². The SMILES string of the molecule is Fc1cccc(Cl)c1CN1CCN(CC2CCNCC2)CC1. The molecule has 0 aliphatic carbocycles. The number of nitrogens with one attached hydrogen (secondary N) is 1. The van der Waals surface area contributed by atoms with Gasteiger partial charge < -0.3 is 10.2 Å². The molecule has 3 nitrogen and oxygen atoms in total. The van der Waals surface area contributed by atoms with Crippen LogP contribution >= 0.6 is 11.6 Å². The molecule has 2 aliphatic rings. The van der Waals surface area contributed by atoms with E-state index in [9.17, 15) is 4.39 Å². The lowest BCUT2D eigenvalue weighted by Crippen LogP contribution is -2.48. The molecule has 2 heterocycles. The van der Waals surface area contributed by atoms with E-state index in [1.165, 1.54) is 25.5 Å². The summed E-state index contributed by atoms with van der Waals surface area (Å²) in [5, 5.41) is 3.96. The second-order valence-electron chi connectivity index (χ2n) is 6.47. The molecule has 0 radical (unpaired) electrons. The van der Waals surface area contributed by atoms with Crippen molar-refractivity contribution in [1.29, 1.82) is 0 Å². The van der Waals surface area contributed by atoms with Gasteiger partial charge in [-0.05, 0) is 44.0 Å². The highest BCUT2D eigenvalue weighted by Crippen LogP contribution is 2.22. The Hall–Kier alpha value is -0.680. The van der Waals surface area contributed by atoms with Gasteiger partial charge in [0.1, 0.15) is 5.82 Å². The summed E-state index contributed by atoms with van der Waals surface area (Å²) in [5.74, 6) is 0.651. The third kappa shape index (κ3) is 4.19. The van der Waals surface area contributed by atoms with Crippen molar-refractivity contribution in [3.05, 3.63) is 34.6 Å². The van der Waals surface area contributed by atoms with Crippen LogP contribution in [0.1, 0.15) is 18.4 Å². The van der Waals surface area contributed by atoms with E-state index in [-0.39, 0.29) is 5.82 Å². The summed E-state index contributed by atoms with van der Waals surface area (Å²) in [6, 6.07) is 4.93. The van der Waals surface area contributed by atoms with E-state index in [1.54, 1.807) is 12.1 Å². The zero-order valence-corrected chi connectivity index (χ0v) is 13.8. The van der Waals surface area contributed by atoms with E-state index in [2.05, 4.69) is 15.1 Å². The number of hydrogen-bond donors (Lipinski definition) is 1. The van der Waals surface area contributed by atoms with Crippen LogP contribution in [0.25, 0.3) is 0 Å². The number of benzene rings is 1. The summed E-state index contributed by atoms with van der Waals surface area (Å²) >= 11 is 6.12. The smallest absolute Gasteiger partial charge is 0.129 e. The molecule has 2 aliphatic heterocycles. The fourth-order valence-electron chi connectivity index (χ4n) is 3.47. The molecule has 0 atom stereocenters. The molecule has 3 rings (SSSR count). The molecule has 0 aromatic heterocycles. The lowest BCUT2D eigenvalue weighted by molar-refractivity contribution is 0.106. The van der Waals surface area contributed by atoms with Crippen LogP contribution < -0.4 is 5.32 Å². The minimum absolute atomic E-state index is 0.190. The first kappa shape index (κ1) is 16.2. The number of piperidine rings is 1. The predicted molar refractivity (Wildman–Crippen MR) is 88.7 cm³/mol. The average Bonchev–Trinajstić information content (AvgIpc) is 2.54.